The quantitative estimate of drug-likeness (QED) is 0.832. The van der Waals surface area contributed by atoms with Gasteiger partial charge in [-0.2, -0.15) is 0 Å². The van der Waals surface area contributed by atoms with Crippen molar-refractivity contribution in [2.45, 2.75) is 44.6 Å². The minimum Gasteiger partial charge on any atom is -0.399 e. The van der Waals surface area contributed by atoms with Gasteiger partial charge in [0, 0.05) is 16.9 Å². The van der Waals surface area contributed by atoms with Crippen LogP contribution in [0.1, 0.15) is 59.5 Å². The zero-order valence-corrected chi connectivity index (χ0v) is 13.3. The van der Waals surface area contributed by atoms with Gasteiger partial charge in [-0.25, -0.2) is 0 Å². The zero-order valence-electron chi connectivity index (χ0n) is 13.3. The second kappa shape index (κ2) is 5.73. The topological polar surface area (TPSA) is 46.3 Å². The predicted octanol–water partition coefficient (Wildman–Crippen LogP) is 4.48. The van der Waals surface area contributed by atoms with E-state index in [2.05, 4.69) is 24.3 Å². The van der Waals surface area contributed by atoms with Crippen molar-refractivity contribution in [1.82, 2.24) is 0 Å². The Morgan fingerprint density at radius 1 is 0.957 bits per heavy atom. The van der Waals surface area contributed by atoms with Crippen molar-refractivity contribution in [3.63, 3.8) is 0 Å². The molecule has 2 aromatic carbocycles. The lowest BCUT2D eigenvalue weighted by atomic mass is 9.84. The number of carbonyl (C=O) groups excluding carboxylic acids is 1. The van der Waals surface area contributed by atoms with Gasteiger partial charge in [0.05, 0.1) is 6.54 Å². The summed E-state index contributed by atoms with van der Waals surface area (Å²) in [7, 11) is 0. The first-order valence-electron chi connectivity index (χ1n) is 8.52. The summed E-state index contributed by atoms with van der Waals surface area (Å²) in [4.78, 5) is 14.4. The number of anilines is 2. The van der Waals surface area contributed by atoms with E-state index in [4.69, 9.17) is 5.73 Å². The highest BCUT2D eigenvalue weighted by molar-refractivity contribution is 6.10. The van der Waals surface area contributed by atoms with Crippen LogP contribution in [-0.2, 0) is 6.54 Å². The van der Waals surface area contributed by atoms with E-state index >= 15 is 0 Å². The Hall–Kier alpha value is -2.29. The lowest BCUT2D eigenvalue weighted by molar-refractivity contribution is 0.0996. The molecule has 0 saturated heterocycles. The Bertz CT molecular complexity index is 730. The molecule has 2 N–H and O–H groups in total. The molecule has 1 amide bonds. The standard InChI is InChI=1S/C20H22N2O/c21-17-8-11-19-16(12-17)13-22(20(19)23)18-9-6-15(7-10-18)14-4-2-1-3-5-14/h6-12,14H,1-5,13,21H2. The lowest BCUT2D eigenvalue weighted by Crippen LogP contribution is -2.22. The number of hydrogen-bond donors (Lipinski definition) is 1. The number of fused-ring (bicyclic) bond motifs is 1. The molecule has 1 heterocycles. The van der Waals surface area contributed by atoms with Crippen LogP contribution in [0.3, 0.4) is 0 Å². The number of nitrogens with zero attached hydrogens (tertiary/aromatic N) is 1. The number of nitrogens with two attached hydrogens (primary N) is 1. The molecule has 3 nitrogen and oxygen atoms in total. The van der Waals surface area contributed by atoms with Crippen molar-refractivity contribution in [2.24, 2.45) is 0 Å². The fourth-order valence-electron chi connectivity index (χ4n) is 3.91. The molecule has 3 heteroatoms. The largest absolute Gasteiger partial charge is 0.399 e. The highest BCUT2D eigenvalue weighted by Gasteiger charge is 2.28. The van der Waals surface area contributed by atoms with Gasteiger partial charge in [-0.05, 0) is 60.2 Å². The molecule has 23 heavy (non-hydrogen) atoms. The number of nitrogen functional groups attached to an aromatic ring is 1. The Balaban J connectivity index is 1.56. The van der Waals surface area contributed by atoms with E-state index in [1.54, 1.807) is 6.07 Å². The molecule has 0 spiro atoms. The van der Waals surface area contributed by atoms with Gasteiger partial charge in [0.2, 0.25) is 0 Å². The summed E-state index contributed by atoms with van der Waals surface area (Å²) in [6.45, 7) is 0.613. The van der Waals surface area contributed by atoms with Crippen LogP contribution in [0.25, 0.3) is 0 Å². The summed E-state index contributed by atoms with van der Waals surface area (Å²) < 4.78 is 0. The number of rotatable bonds is 2. The summed E-state index contributed by atoms with van der Waals surface area (Å²) in [5, 5.41) is 0. The molecular weight excluding hydrogens is 284 g/mol. The maximum atomic E-state index is 12.6. The van der Waals surface area contributed by atoms with E-state index in [0.717, 1.165) is 16.8 Å². The molecule has 0 unspecified atom stereocenters. The molecule has 1 aliphatic heterocycles. The van der Waals surface area contributed by atoms with Gasteiger partial charge in [-0.3, -0.25) is 4.79 Å². The molecule has 0 bridgehead atoms. The highest BCUT2D eigenvalue weighted by Crippen LogP contribution is 2.35. The first kappa shape index (κ1) is 14.3. The minimum atomic E-state index is 0.0745. The van der Waals surface area contributed by atoms with Crippen LogP contribution in [0.2, 0.25) is 0 Å². The summed E-state index contributed by atoms with van der Waals surface area (Å²) in [5.41, 5.74) is 10.7. The Kier molecular flexibility index (Phi) is 3.56. The molecule has 0 atom stereocenters. The van der Waals surface area contributed by atoms with E-state index in [9.17, 15) is 4.79 Å². The van der Waals surface area contributed by atoms with E-state index < -0.39 is 0 Å². The molecule has 4 rings (SSSR count). The number of carbonyl (C=O) groups is 1. The molecule has 1 saturated carbocycles. The van der Waals surface area contributed by atoms with Crippen LogP contribution in [0.5, 0.6) is 0 Å². The fraction of sp³-hybridized carbons (Fsp3) is 0.350. The van der Waals surface area contributed by atoms with Crippen molar-refractivity contribution in [1.29, 1.82) is 0 Å². The Labute approximate surface area is 137 Å². The molecule has 1 fully saturated rings. The number of benzene rings is 2. The minimum absolute atomic E-state index is 0.0745. The molecule has 118 valence electrons. The van der Waals surface area contributed by atoms with Crippen molar-refractivity contribution in [2.75, 3.05) is 10.6 Å². The van der Waals surface area contributed by atoms with E-state index in [0.29, 0.717) is 18.2 Å². The van der Waals surface area contributed by atoms with Crippen LogP contribution in [0.15, 0.2) is 42.5 Å². The number of hydrogen-bond acceptors (Lipinski definition) is 2. The average molecular weight is 306 g/mol. The molecule has 2 aromatic rings. The van der Waals surface area contributed by atoms with Gasteiger partial charge in [0.1, 0.15) is 0 Å². The molecular formula is C20H22N2O. The molecule has 0 radical (unpaired) electrons. The van der Waals surface area contributed by atoms with Gasteiger partial charge in [0.25, 0.3) is 5.91 Å². The first-order chi connectivity index (χ1) is 11.2. The van der Waals surface area contributed by atoms with Gasteiger partial charge in [-0.15, -0.1) is 0 Å². The number of amides is 1. The highest BCUT2D eigenvalue weighted by atomic mass is 16.2. The molecule has 1 aliphatic carbocycles. The van der Waals surface area contributed by atoms with Crippen molar-refractivity contribution < 1.29 is 4.79 Å². The normalized spacial score (nSPS) is 18.3. The maximum absolute atomic E-state index is 12.6. The third-order valence-electron chi connectivity index (χ3n) is 5.21. The van der Waals surface area contributed by atoms with Crippen LogP contribution in [0, 0.1) is 0 Å². The Morgan fingerprint density at radius 3 is 2.43 bits per heavy atom. The average Bonchev–Trinajstić information content (AvgIpc) is 2.92. The van der Waals surface area contributed by atoms with Crippen molar-refractivity contribution in [3.05, 3.63) is 59.2 Å². The summed E-state index contributed by atoms with van der Waals surface area (Å²) in [5.74, 6) is 0.773. The monoisotopic (exact) mass is 306 g/mol. The van der Waals surface area contributed by atoms with Gasteiger partial charge < -0.3 is 10.6 Å². The van der Waals surface area contributed by atoms with E-state index in [1.165, 1.54) is 37.7 Å². The smallest absolute Gasteiger partial charge is 0.258 e. The van der Waals surface area contributed by atoms with Crippen molar-refractivity contribution >= 4 is 17.3 Å². The maximum Gasteiger partial charge on any atom is 0.258 e. The van der Waals surface area contributed by atoms with Gasteiger partial charge >= 0.3 is 0 Å². The third kappa shape index (κ3) is 2.61. The lowest BCUT2D eigenvalue weighted by Gasteiger charge is -2.23. The fourth-order valence-corrected chi connectivity index (χ4v) is 3.91. The van der Waals surface area contributed by atoms with Crippen LogP contribution < -0.4 is 10.6 Å². The van der Waals surface area contributed by atoms with Crippen LogP contribution >= 0.6 is 0 Å². The van der Waals surface area contributed by atoms with Gasteiger partial charge in [-0.1, -0.05) is 31.4 Å². The summed E-state index contributed by atoms with van der Waals surface area (Å²) >= 11 is 0. The third-order valence-corrected chi connectivity index (χ3v) is 5.21. The van der Waals surface area contributed by atoms with Gasteiger partial charge in [0.15, 0.2) is 0 Å². The van der Waals surface area contributed by atoms with Crippen molar-refractivity contribution in [3.8, 4) is 0 Å². The second-order valence-electron chi connectivity index (χ2n) is 6.73. The van der Waals surface area contributed by atoms with E-state index in [-0.39, 0.29) is 5.91 Å². The first-order valence-corrected chi connectivity index (χ1v) is 8.52. The predicted molar refractivity (Wildman–Crippen MR) is 93.6 cm³/mol. The molecule has 2 aliphatic rings. The van der Waals surface area contributed by atoms with Crippen LogP contribution in [-0.4, -0.2) is 5.91 Å². The zero-order chi connectivity index (χ0) is 15.8. The molecule has 0 aromatic heterocycles. The summed E-state index contributed by atoms with van der Waals surface area (Å²) in [6.07, 6.45) is 6.65. The SMILES string of the molecule is Nc1ccc2c(c1)CN(c1ccc(C3CCCCC3)cc1)C2=O. The van der Waals surface area contributed by atoms with Crippen LogP contribution in [0.4, 0.5) is 11.4 Å². The Morgan fingerprint density at radius 2 is 1.70 bits per heavy atom. The second-order valence-corrected chi connectivity index (χ2v) is 6.73. The van der Waals surface area contributed by atoms with E-state index in [1.807, 2.05) is 17.0 Å². The summed E-state index contributed by atoms with van der Waals surface area (Å²) in [6, 6.07) is 14.1.